The maximum Gasteiger partial charge on any atom is 0.228 e. The molecule has 2 heterocycles. The molecule has 19 heavy (non-hydrogen) atoms. The van der Waals surface area contributed by atoms with Gasteiger partial charge in [-0.1, -0.05) is 17.3 Å². The summed E-state index contributed by atoms with van der Waals surface area (Å²) in [6.07, 6.45) is 4.62. The number of rotatable bonds is 3. The third-order valence-electron chi connectivity index (χ3n) is 3.35. The number of hydrogen-bond donors (Lipinski definition) is 1. The number of nitrogens with two attached hydrogens (primary N) is 1. The molecule has 6 heteroatoms. The molecule has 1 amide bonds. The minimum atomic E-state index is 0.0761. The first-order chi connectivity index (χ1) is 9.25. The molecular formula is C13H15N5O. The van der Waals surface area contributed by atoms with Crippen LogP contribution in [0.2, 0.25) is 0 Å². The number of aromatic nitrogens is 3. The second-order valence-corrected chi connectivity index (χ2v) is 4.57. The highest BCUT2D eigenvalue weighted by atomic mass is 16.2. The smallest absolute Gasteiger partial charge is 0.228 e. The molecular weight excluding hydrogens is 242 g/mol. The number of nitrogen functional groups attached to an aromatic ring is 1. The molecule has 0 radical (unpaired) electrons. The zero-order valence-electron chi connectivity index (χ0n) is 10.5. The fraction of sp³-hybridized carbons (Fsp3) is 0.308. The lowest BCUT2D eigenvalue weighted by Gasteiger charge is -2.18. The van der Waals surface area contributed by atoms with E-state index in [-0.39, 0.29) is 5.91 Å². The molecule has 1 aliphatic heterocycles. The molecule has 98 valence electrons. The van der Waals surface area contributed by atoms with Crippen LogP contribution in [-0.4, -0.2) is 27.4 Å². The Bertz CT molecular complexity index is 593. The van der Waals surface area contributed by atoms with Crippen molar-refractivity contribution in [1.82, 2.24) is 15.0 Å². The van der Waals surface area contributed by atoms with Gasteiger partial charge in [-0.05, 0) is 18.1 Å². The first kappa shape index (κ1) is 11.7. The number of nitrogens with zero attached hydrogens (tertiary/aromatic N) is 4. The van der Waals surface area contributed by atoms with Crippen molar-refractivity contribution in [1.29, 1.82) is 0 Å². The number of carbonyl (C=O) groups is 1. The van der Waals surface area contributed by atoms with Crippen LogP contribution < -0.4 is 10.6 Å². The molecule has 0 fully saturated rings. The summed E-state index contributed by atoms with van der Waals surface area (Å²) in [5, 5.41) is 7.56. The van der Waals surface area contributed by atoms with E-state index in [0.29, 0.717) is 25.2 Å². The van der Waals surface area contributed by atoms with E-state index < -0.39 is 0 Å². The molecule has 0 spiro atoms. The van der Waals surface area contributed by atoms with Crippen LogP contribution in [-0.2, 0) is 17.8 Å². The lowest BCUT2D eigenvalue weighted by molar-refractivity contribution is -0.118. The Kier molecular flexibility index (Phi) is 2.91. The van der Waals surface area contributed by atoms with Crippen LogP contribution in [0, 0.1) is 0 Å². The molecule has 0 bridgehead atoms. The number of anilines is 2. The van der Waals surface area contributed by atoms with E-state index in [1.807, 2.05) is 18.2 Å². The van der Waals surface area contributed by atoms with Crippen LogP contribution in [0.3, 0.4) is 0 Å². The maximum atomic E-state index is 12.3. The lowest BCUT2D eigenvalue weighted by atomic mass is 10.1. The van der Waals surface area contributed by atoms with E-state index in [4.69, 9.17) is 5.73 Å². The summed E-state index contributed by atoms with van der Waals surface area (Å²) < 4.78 is 1.66. The standard InChI is InChI=1S/C13H15N5O/c14-11-3-1-2-10-4-8-18(13(10)11)12(19)5-7-17-9-6-15-16-17/h1-3,6,9H,4-5,7-8,14H2. The molecule has 0 saturated carbocycles. The van der Waals surface area contributed by atoms with Crippen LogP contribution in [0.1, 0.15) is 12.0 Å². The molecule has 0 unspecified atom stereocenters. The van der Waals surface area contributed by atoms with Gasteiger partial charge >= 0.3 is 0 Å². The summed E-state index contributed by atoms with van der Waals surface area (Å²) in [5.41, 5.74) is 8.67. The van der Waals surface area contributed by atoms with E-state index in [0.717, 1.165) is 17.7 Å². The molecule has 2 N–H and O–H groups in total. The van der Waals surface area contributed by atoms with Gasteiger partial charge in [0, 0.05) is 19.2 Å². The third kappa shape index (κ3) is 2.16. The van der Waals surface area contributed by atoms with Gasteiger partial charge in [0.15, 0.2) is 0 Å². The Morgan fingerprint density at radius 2 is 2.32 bits per heavy atom. The number of amides is 1. The fourth-order valence-corrected chi connectivity index (χ4v) is 2.43. The van der Waals surface area contributed by atoms with Gasteiger partial charge in [-0.15, -0.1) is 5.10 Å². The predicted molar refractivity (Wildman–Crippen MR) is 71.6 cm³/mol. The monoisotopic (exact) mass is 257 g/mol. The molecule has 2 aromatic rings. The molecule has 3 rings (SSSR count). The Labute approximate surface area is 110 Å². The third-order valence-corrected chi connectivity index (χ3v) is 3.35. The van der Waals surface area contributed by atoms with E-state index in [1.54, 1.807) is 22.0 Å². The van der Waals surface area contributed by atoms with Gasteiger partial charge in [0.05, 0.1) is 24.1 Å². The van der Waals surface area contributed by atoms with Gasteiger partial charge in [-0.25, -0.2) is 0 Å². The normalized spacial score (nSPS) is 13.6. The Balaban J connectivity index is 1.73. The first-order valence-electron chi connectivity index (χ1n) is 6.27. The minimum Gasteiger partial charge on any atom is -0.397 e. The zero-order valence-corrected chi connectivity index (χ0v) is 10.5. The molecule has 1 aromatic heterocycles. The van der Waals surface area contributed by atoms with Crippen molar-refractivity contribution in [3.05, 3.63) is 36.2 Å². The van der Waals surface area contributed by atoms with Crippen LogP contribution in [0.25, 0.3) is 0 Å². The maximum absolute atomic E-state index is 12.3. The fourth-order valence-electron chi connectivity index (χ4n) is 2.43. The Morgan fingerprint density at radius 1 is 1.42 bits per heavy atom. The van der Waals surface area contributed by atoms with Crippen LogP contribution >= 0.6 is 0 Å². The molecule has 6 nitrogen and oxygen atoms in total. The number of benzene rings is 1. The summed E-state index contributed by atoms with van der Waals surface area (Å²) >= 11 is 0. The van der Waals surface area contributed by atoms with Crippen molar-refractivity contribution in [2.75, 3.05) is 17.2 Å². The number of fused-ring (bicyclic) bond motifs is 1. The summed E-state index contributed by atoms with van der Waals surface area (Å²) in [4.78, 5) is 14.0. The molecule has 1 aliphatic rings. The van der Waals surface area contributed by atoms with Crippen molar-refractivity contribution in [3.63, 3.8) is 0 Å². The van der Waals surface area contributed by atoms with E-state index in [9.17, 15) is 4.79 Å². The van der Waals surface area contributed by atoms with Crippen LogP contribution in [0.4, 0.5) is 11.4 Å². The minimum absolute atomic E-state index is 0.0761. The lowest BCUT2D eigenvalue weighted by Crippen LogP contribution is -2.30. The summed E-state index contributed by atoms with van der Waals surface area (Å²) in [5.74, 6) is 0.0761. The van der Waals surface area contributed by atoms with Crippen molar-refractivity contribution < 1.29 is 4.79 Å². The quantitative estimate of drug-likeness (QED) is 0.827. The highest BCUT2D eigenvalue weighted by Crippen LogP contribution is 2.33. The van der Waals surface area contributed by atoms with Gasteiger partial charge in [-0.3, -0.25) is 9.48 Å². The van der Waals surface area contributed by atoms with Crippen LogP contribution in [0.15, 0.2) is 30.6 Å². The van der Waals surface area contributed by atoms with Crippen molar-refractivity contribution in [2.45, 2.75) is 19.4 Å². The SMILES string of the molecule is Nc1cccc2c1N(C(=O)CCn1ccnn1)CC2. The van der Waals surface area contributed by atoms with Gasteiger partial charge in [0.25, 0.3) is 0 Å². The number of aryl methyl sites for hydroxylation is 1. The highest BCUT2D eigenvalue weighted by molar-refractivity contribution is 5.98. The summed E-state index contributed by atoms with van der Waals surface area (Å²) in [6, 6.07) is 5.79. The predicted octanol–water partition coefficient (Wildman–Crippen LogP) is 0.840. The second-order valence-electron chi connectivity index (χ2n) is 4.57. The van der Waals surface area contributed by atoms with Crippen molar-refractivity contribution in [3.8, 4) is 0 Å². The van der Waals surface area contributed by atoms with Crippen LogP contribution in [0.5, 0.6) is 0 Å². The van der Waals surface area contributed by atoms with Gasteiger partial charge < -0.3 is 10.6 Å². The summed E-state index contributed by atoms with van der Waals surface area (Å²) in [6.45, 7) is 1.25. The zero-order chi connectivity index (χ0) is 13.2. The van der Waals surface area contributed by atoms with Crippen molar-refractivity contribution >= 4 is 17.3 Å². The van der Waals surface area contributed by atoms with Gasteiger partial charge in [0.1, 0.15) is 0 Å². The topological polar surface area (TPSA) is 77.0 Å². The molecule has 0 aliphatic carbocycles. The summed E-state index contributed by atoms with van der Waals surface area (Å²) in [7, 11) is 0. The van der Waals surface area contributed by atoms with E-state index in [2.05, 4.69) is 10.3 Å². The Morgan fingerprint density at radius 3 is 3.11 bits per heavy atom. The molecule has 0 atom stereocenters. The van der Waals surface area contributed by atoms with Gasteiger partial charge in [-0.2, -0.15) is 0 Å². The number of carbonyl (C=O) groups excluding carboxylic acids is 1. The molecule has 1 aromatic carbocycles. The van der Waals surface area contributed by atoms with E-state index >= 15 is 0 Å². The average molecular weight is 257 g/mol. The van der Waals surface area contributed by atoms with Gasteiger partial charge in [0.2, 0.25) is 5.91 Å². The molecule has 0 saturated heterocycles. The average Bonchev–Trinajstić information content (AvgIpc) is 3.05. The Hall–Kier alpha value is -2.37. The van der Waals surface area contributed by atoms with E-state index in [1.165, 1.54) is 0 Å². The second kappa shape index (κ2) is 4.72. The van der Waals surface area contributed by atoms with Crippen molar-refractivity contribution in [2.24, 2.45) is 0 Å². The number of para-hydroxylation sites is 1. The first-order valence-corrected chi connectivity index (χ1v) is 6.27. The highest BCUT2D eigenvalue weighted by Gasteiger charge is 2.26. The largest absolute Gasteiger partial charge is 0.397 e. The number of hydrogen-bond acceptors (Lipinski definition) is 4.